The van der Waals surface area contributed by atoms with Gasteiger partial charge in [0.15, 0.2) is 5.17 Å². The van der Waals surface area contributed by atoms with Crippen molar-refractivity contribution in [2.75, 3.05) is 12.4 Å². The third kappa shape index (κ3) is 1.78. The van der Waals surface area contributed by atoms with Crippen LogP contribution in [0, 0.1) is 5.82 Å². The lowest BCUT2D eigenvalue weighted by molar-refractivity contribution is 0.213. The first-order valence-corrected chi connectivity index (χ1v) is 6.59. The Morgan fingerprint density at radius 3 is 3.12 bits per heavy atom. The van der Waals surface area contributed by atoms with E-state index in [1.165, 1.54) is 12.1 Å². The summed E-state index contributed by atoms with van der Waals surface area (Å²) in [5, 5.41) is 0.619. The highest BCUT2D eigenvalue weighted by molar-refractivity contribution is 8.13. The van der Waals surface area contributed by atoms with Crippen LogP contribution in [0.25, 0.3) is 0 Å². The van der Waals surface area contributed by atoms with Crippen LogP contribution in [-0.2, 0) is 5.54 Å². The van der Waals surface area contributed by atoms with Crippen molar-refractivity contribution >= 4 is 16.9 Å². The minimum Gasteiger partial charge on any atom is -0.493 e. The Balaban J connectivity index is 2.13. The largest absolute Gasteiger partial charge is 0.493 e. The molecule has 0 bridgehead atoms. The molecule has 1 aromatic rings. The molecule has 2 N–H and O–H groups in total. The average Bonchev–Trinajstić information content (AvgIpc) is 2.28. The van der Waals surface area contributed by atoms with Gasteiger partial charge in [0.1, 0.15) is 11.6 Å². The van der Waals surface area contributed by atoms with E-state index in [0.717, 1.165) is 24.2 Å². The predicted octanol–water partition coefficient (Wildman–Crippen LogP) is 2.26. The fraction of sp³-hybridized carbons (Fsp3) is 0.417. The summed E-state index contributed by atoms with van der Waals surface area (Å²) in [4.78, 5) is 4.60. The van der Waals surface area contributed by atoms with Gasteiger partial charge in [0.2, 0.25) is 0 Å². The van der Waals surface area contributed by atoms with Crippen LogP contribution < -0.4 is 10.5 Å². The van der Waals surface area contributed by atoms with Crippen molar-refractivity contribution in [3.8, 4) is 5.75 Å². The zero-order valence-electron chi connectivity index (χ0n) is 9.28. The maximum Gasteiger partial charge on any atom is 0.154 e. The van der Waals surface area contributed by atoms with Crippen molar-refractivity contribution in [1.82, 2.24) is 0 Å². The molecule has 0 amide bonds. The Hall–Kier alpha value is -1.23. The van der Waals surface area contributed by atoms with Crippen molar-refractivity contribution in [2.24, 2.45) is 10.7 Å². The maximum atomic E-state index is 13.2. The van der Waals surface area contributed by atoms with E-state index in [1.807, 2.05) is 0 Å². The number of nitrogens with two attached hydrogens (primary N) is 1. The molecule has 0 saturated carbocycles. The lowest BCUT2D eigenvalue weighted by atomic mass is 9.82. The molecule has 0 saturated heterocycles. The van der Waals surface area contributed by atoms with Gasteiger partial charge in [0, 0.05) is 23.8 Å². The van der Waals surface area contributed by atoms with Crippen LogP contribution in [0.3, 0.4) is 0 Å². The van der Waals surface area contributed by atoms with Crippen LogP contribution in [0.1, 0.15) is 18.4 Å². The van der Waals surface area contributed by atoms with Gasteiger partial charge in [0.05, 0.1) is 12.1 Å². The van der Waals surface area contributed by atoms with Gasteiger partial charge in [-0.05, 0) is 18.6 Å². The highest BCUT2D eigenvalue weighted by Crippen LogP contribution is 2.45. The summed E-state index contributed by atoms with van der Waals surface area (Å²) < 4.78 is 18.7. The van der Waals surface area contributed by atoms with Gasteiger partial charge in [-0.2, -0.15) is 0 Å². The van der Waals surface area contributed by atoms with E-state index >= 15 is 0 Å². The fourth-order valence-corrected chi connectivity index (χ4v) is 3.35. The first-order chi connectivity index (χ1) is 8.20. The van der Waals surface area contributed by atoms with Gasteiger partial charge in [-0.25, -0.2) is 4.39 Å². The van der Waals surface area contributed by atoms with Gasteiger partial charge >= 0.3 is 0 Å². The third-order valence-corrected chi connectivity index (χ3v) is 4.10. The number of rotatable bonds is 0. The van der Waals surface area contributed by atoms with Crippen LogP contribution >= 0.6 is 11.8 Å². The van der Waals surface area contributed by atoms with Gasteiger partial charge in [-0.3, -0.25) is 4.99 Å². The molecule has 3 rings (SSSR count). The van der Waals surface area contributed by atoms with Crippen molar-refractivity contribution in [3.05, 3.63) is 29.6 Å². The average molecular weight is 252 g/mol. The van der Waals surface area contributed by atoms with Gasteiger partial charge in [-0.1, -0.05) is 11.8 Å². The highest BCUT2D eigenvalue weighted by Gasteiger charge is 2.39. The van der Waals surface area contributed by atoms with Crippen LogP contribution in [0.15, 0.2) is 23.2 Å². The smallest absolute Gasteiger partial charge is 0.154 e. The number of benzene rings is 1. The Morgan fingerprint density at radius 2 is 2.29 bits per heavy atom. The van der Waals surface area contributed by atoms with Gasteiger partial charge in [0.25, 0.3) is 0 Å². The van der Waals surface area contributed by atoms with Crippen LogP contribution in [-0.4, -0.2) is 17.5 Å². The van der Waals surface area contributed by atoms with E-state index in [0.29, 0.717) is 17.5 Å². The van der Waals surface area contributed by atoms with Crippen molar-refractivity contribution in [3.63, 3.8) is 0 Å². The number of amidine groups is 1. The van der Waals surface area contributed by atoms with Crippen LogP contribution in [0.2, 0.25) is 0 Å². The lowest BCUT2D eigenvalue weighted by Crippen LogP contribution is -2.36. The lowest BCUT2D eigenvalue weighted by Gasteiger charge is -2.37. The molecule has 0 aromatic heterocycles. The summed E-state index contributed by atoms with van der Waals surface area (Å²) >= 11 is 1.58. The third-order valence-electron chi connectivity index (χ3n) is 3.31. The molecule has 1 unspecified atom stereocenters. The zero-order valence-corrected chi connectivity index (χ0v) is 10.1. The quantitative estimate of drug-likeness (QED) is 0.770. The SMILES string of the molecule is NC1=NC2(CCOc3cc(F)ccc32)CCS1. The second-order valence-electron chi connectivity index (χ2n) is 4.32. The van der Waals surface area contributed by atoms with Crippen molar-refractivity contribution < 1.29 is 9.13 Å². The molecule has 2 aliphatic heterocycles. The molecule has 1 atom stereocenters. The summed E-state index contributed by atoms with van der Waals surface area (Å²) in [5.41, 5.74) is 6.50. The molecule has 3 nitrogen and oxygen atoms in total. The molecule has 1 spiro atoms. The summed E-state index contributed by atoms with van der Waals surface area (Å²) in [5.74, 6) is 1.29. The van der Waals surface area contributed by atoms with E-state index < -0.39 is 0 Å². The molecule has 0 fully saturated rings. The number of ether oxygens (including phenoxy) is 1. The van der Waals surface area contributed by atoms with E-state index in [-0.39, 0.29) is 11.4 Å². The Kier molecular flexibility index (Phi) is 2.50. The molecular weight excluding hydrogens is 239 g/mol. The van der Waals surface area contributed by atoms with Crippen molar-refractivity contribution in [2.45, 2.75) is 18.4 Å². The Morgan fingerprint density at radius 1 is 1.41 bits per heavy atom. The normalized spacial score (nSPS) is 27.2. The summed E-state index contributed by atoms with van der Waals surface area (Å²) in [6, 6.07) is 4.67. The highest BCUT2D eigenvalue weighted by atomic mass is 32.2. The number of nitrogens with zero attached hydrogens (tertiary/aromatic N) is 1. The van der Waals surface area contributed by atoms with E-state index in [4.69, 9.17) is 10.5 Å². The Bertz CT molecular complexity index is 491. The zero-order chi connectivity index (χ0) is 11.9. The molecule has 2 aliphatic rings. The summed E-state index contributed by atoms with van der Waals surface area (Å²) in [6.45, 7) is 0.567. The first-order valence-electron chi connectivity index (χ1n) is 5.61. The number of hydrogen-bond donors (Lipinski definition) is 1. The second kappa shape index (κ2) is 3.91. The van der Waals surface area contributed by atoms with Crippen molar-refractivity contribution in [1.29, 1.82) is 0 Å². The number of hydrogen-bond acceptors (Lipinski definition) is 4. The number of fused-ring (bicyclic) bond motifs is 2. The molecular formula is C12H13FN2OS. The molecule has 17 heavy (non-hydrogen) atoms. The second-order valence-corrected chi connectivity index (χ2v) is 5.43. The topological polar surface area (TPSA) is 47.6 Å². The molecule has 5 heteroatoms. The molecule has 0 aliphatic carbocycles. The Labute approximate surface area is 103 Å². The van der Waals surface area contributed by atoms with Crippen LogP contribution in [0.5, 0.6) is 5.75 Å². The standard InChI is InChI=1S/C12H13FN2OS/c13-8-1-2-9-10(7-8)16-5-3-12(9)4-6-17-11(14)15-12/h1-2,7H,3-6H2,(H2,14,15). The maximum absolute atomic E-state index is 13.2. The molecule has 1 aromatic carbocycles. The minimum atomic E-state index is -0.295. The monoisotopic (exact) mass is 252 g/mol. The molecule has 2 heterocycles. The van der Waals surface area contributed by atoms with E-state index in [9.17, 15) is 4.39 Å². The molecule has 0 radical (unpaired) electrons. The number of halogens is 1. The summed E-state index contributed by atoms with van der Waals surface area (Å²) in [6.07, 6.45) is 1.74. The number of thioether (sulfide) groups is 1. The minimum absolute atomic E-state index is 0.275. The fourth-order valence-electron chi connectivity index (χ4n) is 2.46. The number of aliphatic imine (C=N–C) groups is 1. The van der Waals surface area contributed by atoms with E-state index in [1.54, 1.807) is 17.8 Å². The molecule has 90 valence electrons. The first kappa shape index (κ1) is 10.9. The summed E-state index contributed by atoms with van der Waals surface area (Å²) in [7, 11) is 0. The van der Waals surface area contributed by atoms with Gasteiger partial charge < -0.3 is 10.5 Å². The van der Waals surface area contributed by atoms with E-state index in [2.05, 4.69) is 4.99 Å². The predicted molar refractivity (Wildman–Crippen MR) is 66.9 cm³/mol. The van der Waals surface area contributed by atoms with Gasteiger partial charge in [-0.15, -0.1) is 0 Å². The van der Waals surface area contributed by atoms with Crippen LogP contribution in [0.4, 0.5) is 4.39 Å².